The van der Waals surface area contributed by atoms with Gasteiger partial charge < -0.3 is 19.7 Å². The number of carbonyl (C=O) groups is 3. The lowest BCUT2D eigenvalue weighted by atomic mass is 10.0. The van der Waals surface area contributed by atoms with Gasteiger partial charge in [-0.15, -0.1) is 11.3 Å². The van der Waals surface area contributed by atoms with Crippen molar-refractivity contribution >= 4 is 40.1 Å². The summed E-state index contributed by atoms with van der Waals surface area (Å²) in [4.78, 5) is 47.2. The number of hydrogen-bond acceptors (Lipinski definition) is 9. The predicted molar refractivity (Wildman–Crippen MR) is 125 cm³/mol. The van der Waals surface area contributed by atoms with Crippen LogP contribution in [0.1, 0.15) is 24.2 Å². The third kappa shape index (κ3) is 6.13. The van der Waals surface area contributed by atoms with E-state index in [9.17, 15) is 14.4 Å². The zero-order valence-corrected chi connectivity index (χ0v) is 19.3. The van der Waals surface area contributed by atoms with E-state index >= 15 is 0 Å². The highest BCUT2D eigenvalue weighted by atomic mass is 32.1. The number of nitrogens with zero attached hydrogens (tertiary/aromatic N) is 3. The molecule has 10 heteroatoms. The topological polar surface area (TPSA) is 111 Å². The summed E-state index contributed by atoms with van der Waals surface area (Å²) in [6, 6.07) is 11.0. The molecule has 3 rings (SSSR count). The molecule has 1 atom stereocenters. The molecule has 1 N–H and O–H groups in total. The predicted octanol–water partition coefficient (Wildman–Crippen LogP) is 3.39. The maximum absolute atomic E-state index is 12.7. The molecule has 2 aromatic heterocycles. The standard InChI is InChI=1S/C23H24N4O5S/c1-4-31-22(30)19-17(16-9-6-5-7-10-16)14-33-21(19)26-20(29)15(2)32-18(28)13-27(3)23-24-11-8-12-25-23/h5-12,14-15H,4,13H2,1-3H3,(H,26,29). The number of rotatable bonds is 9. The number of ether oxygens (including phenoxy) is 2. The van der Waals surface area contributed by atoms with E-state index in [0.29, 0.717) is 16.5 Å². The van der Waals surface area contributed by atoms with E-state index in [2.05, 4.69) is 15.3 Å². The molecule has 0 radical (unpaired) electrons. The van der Waals surface area contributed by atoms with Crippen molar-refractivity contribution in [1.82, 2.24) is 9.97 Å². The highest BCUT2D eigenvalue weighted by Gasteiger charge is 2.26. The van der Waals surface area contributed by atoms with Gasteiger partial charge in [-0.3, -0.25) is 9.59 Å². The van der Waals surface area contributed by atoms with Crippen LogP contribution in [-0.4, -0.2) is 54.1 Å². The average Bonchev–Trinajstić information content (AvgIpc) is 3.23. The Balaban J connectivity index is 1.69. The van der Waals surface area contributed by atoms with Crippen LogP contribution >= 0.6 is 11.3 Å². The monoisotopic (exact) mass is 468 g/mol. The summed E-state index contributed by atoms with van der Waals surface area (Å²) < 4.78 is 10.5. The van der Waals surface area contributed by atoms with E-state index in [4.69, 9.17) is 9.47 Å². The van der Waals surface area contributed by atoms with Crippen LogP contribution in [0.4, 0.5) is 10.9 Å². The molecule has 0 fully saturated rings. The Morgan fingerprint density at radius 3 is 2.48 bits per heavy atom. The van der Waals surface area contributed by atoms with Gasteiger partial charge in [-0.25, -0.2) is 14.8 Å². The first-order valence-corrected chi connectivity index (χ1v) is 11.1. The summed E-state index contributed by atoms with van der Waals surface area (Å²) >= 11 is 1.20. The maximum Gasteiger partial charge on any atom is 0.341 e. The third-order valence-electron chi connectivity index (χ3n) is 4.53. The fraction of sp³-hybridized carbons (Fsp3) is 0.261. The molecule has 1 unspecified atom stereocenters. The molecule has 172 valence electrons. The Hall–Kier alpha value is -3.79. The molecule has 0 aliphatic rings. The Morgan fingerprint density at radius 2 is 1.82 bits per heavy atom. The molecule has 0 aliphatic heterocycles. The number of benzene rings is 1. The van der Waals surface area contributed by atoms with Crippen LogP contribution in [0.2, 0.25) is 0 Å². The average molecular weight is 469 g/mol. The van der Waals surface area contributed by atoms with Crippen molar-refractivity contribution in [3.05, 3.63) is 59.7 Å². The molecular formula is C23H24N4O5S. The Morgan fingerprint density at radius 1 is 1.12 bits per heavy atom. The largest absolute Gasteiger partial charge is 0.462 e. The maximum atomic E-state index is 12.7. The summed E-state index contributed by atoms with van der Waals surface area (Å²) in [7, 11) is 1.64. The summed E-state index contributed by atoms with van der Waals surface area (Å²) in [5.41, 5.74) is 1.74. The molecule has 33 heavy (non-hydrogen) atoms. The van der Waals surface area contributed by atoms with Crippen molar-refractivity contribution in [2.24, 2.45) is 0 Å². The molecule has 1 amide bonds. The second-order valence-corrected chi connectivity index (χ2v) is 7.85. The first-order chi connectivity index (χ1) is 15.9. The van der Waals surface area contributed by atoms with Gasteiger partial charge in [-0.2, -0.15) is 0 Å². The van der Waals surface area contributed by atoms with Crippen LogP contribution in [-0.2, 0) is 19.1 Å². The summed E-state index contributed by atoms with van der Waals surface area (Å²) in [5.74, 6) is -1.36. The van der Waals surface area contributed by atoms with Crippen LogP contribution in [0.25, 0.3) is 11.1 Å². The van der Waals surface area contributed by atoms with E-state index in [1.54, 1.807) is 37.8 Å². The van der Waals surface area contributed by atoms with Gasteiger partial charge in [-0.1, -0.05) is 30.3 Å². The zero-order chi connectivity index (χ0) is 23.8. The highest BCUT2D eigenvalue weighted by molar-refractivity contribution is 7.15. The summed E-state index contributed by atoms with van der Waals surface area (Å²) in [6.07, 6.45) is 2.04. The minimum absolute atomic E-state index is 0.132. The number of hydrogen-bond donors (Lipinski definition) is 1. The Labute approximate surface area is 195 Å². The highest BCUT2D eigenvalue weighted by Crippen LogP contribution is 2.36. The van der Waals surface area contributed by atoms with Gasteiger partial charge in [0.25, 0.3) is 5.91 Å². The van der Waals surface area contributed by atoms with E-state index in [1.165, 1.54) is 23.2 Å². The first kappa shape index (κ1) is 23.9. The number of anilines is 2. The van der Waals surface area contributed by atoms with Crippen LogP contribution in [0, 0.1) is 0 Å². The Kier molecular flexibility index (Phi) is 8.09. The number of thiophene rings is 1. The molecule has 1 aromatic carbocycles. The van der Waals surface area contributed by atoms with Crippen molar-refractivity contribution in [3.8, 4) is 11.1 Å². The first-order valence-electron chi connectivity index (χ1n) is 10.2. The number of esters is 2. The molecule has 0 saturated heterocycles. The molecule has 0 spiro atoms. The van der Waals surface area contributed by atoms with Crippen molar-refractivity contribution in [3.63, 3.8) is 0 Å². The van der Waals surface area contributed by atoms with Crippen LogP contribution in [0.15, 0.2) is 54.2 Å². The second kappa shape index (κ2) is 11.2. The van der Waals surface area contributed by atoms with Gasteiger partial charge in [0.05, 0.1) is 6.61 Å². The molecule has 3 aromatic rings. The van der Waals surface area contributed by atoms with Gasteiger partial charge in [-0.05, 0) is 25.5 Å². The molecule has 9 nitrogen and oxygen atoms in total. The summed E-state index contributed by atoms with van der Waals surface area (Å²) in [6.45, 7) is 3.24. The third-order valence-corrected chi connectivity index (χ3v) is 5.42. The second-order valence-electron chi connectivity index (χ2n) is 6.97. The Bertz CT molecular complexity index is 1100. The van der Waals surface area contributed by atoms with Gasteiger partial charge in [0.15, 0.2) is 6.10 Å². The van der Waals surface area contributed by atoms with Gasteiger partial charge in [0.1, 0.15) is 17.1 Å². The van der Waals surface area contributed by atoms with E-state index in [-0.39, 0.29) is 18.7 Å². The minimum atomic E-state index is -1.08. The van der Waals surface area contributed by atoms with Crippen molar-refractivity contribution in [1.29, 1.82) is 0 Å². The lowest BCUT2D eigenvalue weighted by Crippen LogP contribution is -2.35. The van der Waals surface area contributed by atoms with Crippen molar-refractivity contribution < 1.29 is 23.9 Å². The molecule has 0 bridgehead atoms. The van der Waals surface area contributed by atoms with Crippen molar-refractivity contribution in [2.75, 3.05) is 30.4 Å². The lowest BCUT2D eigenvalue weighted by molar-refractivity contribution is -0.151. The lowest BCUT2D eigenvalue weighted by Gasteiger charge is -2.18. The van der Waals surface area contributed by atoms with Crippen molar-refractivity contribution in [2.45, 2.75) is 20.0 Å². The molecular weight excluding hydrogens is 444 g/mol. The van der Waals surface area contributed by atoms with E-state index in [1.807, 2.05) is 30.3 Å². The summed E-state index contributed by atoms with van der Waals surface area (Å²) in [5, 5.41) is 4.80. The van der Waals surface area contributed by atoms with E-state index in [0.717, 1.165) is 5.56 Å². The fourth-order valence-electron chi connectivity index (χ4n) is 2.94. The normalized spacial score (nSPS) is 11.4. The van der Waals surface area contributed by atoms with E-state index < -0.39 is 23.9 Å². The smallest absolute Gasteiger partial charge is 0.341 e. The molecule has 2 heterocycles. The molecule has 0 aliphatic carbocycles. The fourth-order valence-corrected chi connectivity index (χ4v) is 3.90. The number of carbonyl (C=O) groups excluding carboxylic acids is 3. The van der Waals surface area contributed by atoms with Crippen LogP contribution in [0.3, 0.4) is 0 Å². The zero-order valence-electron chi connectivity index (χ0n) is 18.5. The number of likely N-dealkylation sites (N-methyl/N-ethyl adjacent to an activating group) is 1. The van der Waals surface area contributed by atoms with Crippen LogP contribution < -0.4 is 10.2 Å². The molecule has 0 saturated carbocycles. The van der Waals surface area contributed by atoms with Crippen LogP contribution in [0.5, 0.6) is 0 Å². The number of aromatic nitrogens is 2. The number of amides is 1. The van der Waals surface area contributed by atoms with Gasteiger partial charge >= 0.3 is 11.9 Å². The quantitative estimate of drug-likeness (QED) is 0.476. The van der Waals surface area contributed by atoms with Gasteiger partial charge in [0.2, 0.25) is 5.95 Å². The number of nitrogens with one attached hydrogen (secondary N) is 1. The minimum Gasteiger partial charge on any atom is -0.462 e. The van der Waals surface area contributed by atoms with Gasteiger partial charge in [0, 0.05) is 30.4 Å². The SMILES string of the molecule is CCOC(=O)c1c(-c2ccccc2)csc1NC(=O)C(C)OC(=O)CN(C)c1ncccn1.